The van der Waals surface area contributed by atoms with Crippen molar-refractivity contribution in [1.82, 2.24) is 0 Å². The van der Waals surface area contributed by atoms with Gasteiger partial charge in [-0.15, -0.1) is 0 Å². The number of aliphatic hydroxyl groups excluding tert-OH is 1. The first-order valence-electron chi connectivity index (χ1n) is 6.11. The number of hydrogen-bond acceptors (Lipinski definition) is 4. The van der Waals surface area contributed by atoms with Crippen LogP contribution in [0.3, 0.4) is 0 Å². The standard InChI is InChI=1S/C12H27NO3/c1-4-5-6-15-7-8-16-11(2)9-12(3,13)10-14/h11,14H,4-10,13H2,1-3H3. The summed E-state index contributed by atoms with van der Waals surface area (Å²) in [7, 11) is 0. The molecule has 0 aliphatic carbocycles. The predicted octanol–water partition coefficient (Wildman–Crippen LogP) is 1.31. The van der Waals surface area contributed by atoms with Crippen LogP contribution in [0.5, 0.6) is 0 Å². The molecule has 0 fully saturated rings. The number of nitrogens with two attached hydrogens (primary N) is 1. The molecule has 2 atom stereocenters. The van der Waals surface area contributed by atoms with Crippen molar-refractivity contribution in [3.05, 3.63) is 0 Å². The van der Waals surface area contributed by atoms with Crippen LogP contribution in [0, 0.1) is 0 Å². The minimum Gasteiger partial charge on any atom is -0.394 e. The average molecular weight is 233 g/mol. The summed E-state index contributed by atoms with van der Waals surface area (Å²) in [4.78, 5) is 0. The number of unbranched alkanes of at least 4 members (excludes halogenated alkanes) is 1. The fourth-order valence-corrected chi connectivity index (χ4v) is 1.44. The number of aliphatic hydroxyl groups is 1. The molecule has 0 aromatic heterocycles. The molecule has 4 nitrogen and oxygen atoms in total. The molecule has 0 heterocycles. The maximum Gasteiger partial charge on any atom is 0.0704 e. The fraction of sp³-hybridized carbons (Fsp3) is 1.00. The lowest BCUT2D eigenvalue weighted by atomic mass is 9.97. The molecule has 0 aromatic rings. The van der Waals surface area contributed by atoms with Crippen molar-refractivity contribution in [1.29, 1.82) is 0 Å². The Hall–Kier alpha value is -0.160. The van der Waals surface area contributed by atoms with Crippen molar-refractivity contribution >= 4 is 0 Å². The third-order valence-electron chi connectivity index (χ3n) is 2.39. The van der Waals surface area contributed by atoms with Crippen molar-refractivity contribution in [2.24, 2.45) is 5.73 Å². The Balaban J connectivity index is 3.40. The topological polar surface area (TPSA) is 64.7 Å². The van der Waals surface area contributed by atoms with Gasteiger partial charge in [-0.25, -0.2) is 0 Å². The summed E-state index contributed by atoms with van der Waals surface area (Å²) < 4.78 is 10.9. The van der Waals surface area contributed by atoms with Gasteiger partial charge in [-0.3, -0.25) is 0 Å². The Kier molecular flexibility index (Phi) is 8.84. The number of hydrogen-bond donors (Lipinski definition) is 2. The molecule has 0 saturated carbocycles. The summed E-state index contributed by atoms with van der Waals surface area (Å²) in [6.45, 7) is 7.93. The van der Waals surface area contributed by atoms with E-state index in [4.69, 9.17) is 20.3 Å². The van der Waals surface area contributed by atoms with Gasteiger partial charge in [0, 0.05) is 12.1 Å². The van der Waals surface area contributed by atoms with Crippen LogP contribution < -0.4 is 5.73 Å². The van der Waals surface area contributed by atoms with E-state index in [-0.39, 0.29) is 12.7 Å². The zero-order chi connectivity index (χ0) is 12.4. The lowest BCUT2D eigenvalue weighted by Crippen LogP contribution is -2.43. The highest BCUT2D eigenvalue weighted by molar-refractivity contribution is 4.79. The third kappa shape index (κ3) is 9.09. The summed E-state index contributed by atoms with van der Waals surface area (Å²) in [5, 5.41) is 9.01. The van der Waals surface area contributed by atoms with E-state index in [0.29, 0.717) is 19.6 Å². The van der Waals surface area contributed by atoms with Gasteiger partial charge >= 0.3 is 0 Å². The maximum absolute atomic E-state index is 9.01. The molecule has 0 aliphatic rings. The summed E-state index contributed by atoms with van der Waals surface area (Å²) in [5.74, 6) is 0. The van der Waals surface area contributed by atoms with Crippen molar-refractivity contribution < 1.29 is 14.6 Å². The first-order valence-corrected chi connectivity index (χ1v) is 6.11. The average Bonchev–Trinajstić information content (AvgIpc) is 2.22. The highest BCUT2D eigenvalue weighted by Crippen LogP contribution is 2.10. The van der Waals surface area contributed by atoms with Crippen LogP contribution in [0.15, 0.2) is 0 Å². The fourth-order valence-electron chi connectivity index (χ4n) is 1.44. The van der Waals surface area contributed by atoms with E-state index in [1.54, 1.807) is 0 Å². The molecule has 0 spiro atoms. The van der Waals surface area contributed by atoms with Crippen molar-refractivity contribution in [2.75, 3.05) is 26.4 Å². The lowest BCUT2D eigenvalue weighted by Gasteiger charge is -2.25. The van der Waals surface area contributed by atoms with Gasteiger partial charge in [0.2, 0.25) is 0 Å². The molecule has 0 rings (SSSR count). The maximum atomic E-state index is 9.01. The number of rotatable bonds is 10. The Morgan fingerprint density at radius 3 is 2.56 bits per heavy atom. The van der Waals surface area contributed by atoms with Gasteiger partial charge in [0.25, 0.3) is 0 Å². The van der Waals surface area contributed by atoms with Gasteiger partial charge in [0.1, 0.15) is 0 Å². The van der Waals surface area contributed by atoms with Gasteiger partial charge < -0.3 is 20.3 Å². The zero-order valence-corrected chi connectivity index (χ0v) is 10.9. The van der Waals surface area contributed by atoms with Crippen molar-refractivity contribution in [2.45, 2.75) is 51.7 Å². The normalized spacial score (nSPS) is 17.1. The van der Waals surface area contributed by atoms with Crippen LogP contribution in [-0.4, -0.2) is 43.2 Å². The molecule has 0 saturated heterocycles. The van der Waals surface area contributed by atoms with Crippen LogP contribution in [0.25, 0.3) is 0 Å². The molecule has 2 unspecified atom stereocenters. The van der Waals surface area contributed by atoms with Crippen LogP contribution in [0.2, 0.25) is 0 Å². The Bertz CT molecular complexity index is 162. The van der Waals surface area contributed by atoms with Crippen LogP contribution in [0.1, 0.15) is 40.0 Å². The third-order valence-corrected chi connectivity index (χ3v) is 2.39. The lowest BCUT2D eigenvalue weighted by molar-refractivity contribution is -0.00312. The Labute approximate surface area is 99.1 Å². The molecule has 0 aromatic carbocycles. The van der Waals surface area contributed by atoms with E-state index in [9.17, 15) is 0 Å². The van der Waals surface area contributed by atoms with Gasteiger partial charge in [0.05, 0.1) is 25.9 Å². The van der Waals surface area contributed by atoms with Crippen LogP contribution >= 0.6 is 0 Å². The number of ether oxygens (including phenoxy) is 2. The van der Waals surface area contributed by atoms with E-state index in [2.05, 4.69) is 6.92 Å². The van der Waals surface area contributed by atoms with E-state index in [1.165, 1.54) is 0 Å². The molecule has 0 amide bonds. The second-order valence-electron chi connectivity index (χ2n) is 4.66. The minimum absolute atomic E-state index is 0.0201. The first-order chi connectivity index (χ1) is 7.52. The van der Waals surface area contributed by atoms with Gasteiger partial charge in [-0.2, -0.15) is 0 Å². The van der Waals surface area contributed by atoms with E-state index in [1.807, 2.05) is 13.8 Å². The molecule has 4 heteroatoms. The highest BCUT2D eigenvalue weighted by atomic mass is 16.5. The highest BCUT2D eigenvalue weighted by Gasteiger charge is 2.20. The second kappa shape index (κ2) is 8.93. The molecule has 98 valence electrons. The molecular weight excluding hydrogens is 206 g/mol. The smallest absolute Gasteiger partial charge is 0.0704 e. The molecule has 3 N–H and O–H groups in total. The van der Waals surface area contributed by atoms with Gasteiger partial charge in [-0.1, -0.05) is 13.3 Å². The monoisotopic (exact) mass is 233 g/mol. The molecule has 0 bridgehead atoms. The van der Waals surface area contributed by atoms with Gasteiger partial charge in [0.15, 0.2) is 0 Å². The molecule has 0 aliphatic heterocycles. The summed E-state index contributed by atoms with van der Waals surface area (Å²) >= 11 is 0. The van der Waals surface area contributed by atoms with Gasteiger partial charge in [-0.05, 0) is 26.7 Å². The zero-order valence-electron chi connectivity index (χ0n) is 10.9. The summed E-state index contributed by atoms with van der Waals surface area (Å²) in [5.41, 5.74) is 5.27. The summed E-state index contributed by atoms with van der Waals surface area (Å²) in [6.07, 6.45) is 2.95. The minimum atomic E-state index is -0.553. The Morgan fingerprint density at radius 2 is 2.00 bits per heavy atom. The quantitative estimate of drug-likeness (QED) is 0.558. The van der Waals surface area contributed by atoms with E-state index < -0.39 is 5.54 Å². The second-order valence-corrected chi connectivity index (χ2v) is 4.66. The SMILES string of the molecule is CCCCOCCOC(C)CC(C)(N)CO. The first kappa shape index (κ1) is 15.8. The Morgan fingerprint density at radius 1 is 1.31 bits per heavy atom. The molecular formula is C12H27NO3. The van der Waals surface area contributed by atoms with Crippen molar-refractivity contribution in [3.63, 3.8) is 0 Å². The van der Waals surface area contributed by atoms with Crippen molar-refractivity contribution in [3.8, 4) is 0 Å². The van der Waals surface area contributed by atoms with E-state index >= 15 is 0 Å². The van der Waals surface area contributed by atoms with Crippen LogP contribution in [0.4, 0.5) is 0 Å². The largest absolute Gasteiger partial charge is 0.394 e. The summed E-state index contributed by atoms with van der Waals surface area (Å²) in [6, 6.07) is 0. The molecule has 0 radical (unpaired) electrons. The van der Waals surface area contributed by atoms with E-state index in [0.717, 1.165) is 19.4 Å². The molecule has 16 heavy (non-hydrogen) atoms. The predicted molar refractivity (Wildman–Crippen MR) is 65.4 cm³/mol. The van der Waals surface area contributed by atoms with Crippen LogP contribution in [-0.2, 0) is 9.47 Å².